The van der Waals surface area contributed by atoms with Gasteiger partial charge in [-0.3, -0.25) is 19.2 Å². The van der Waals surface area contributed by atoms with Gasteiger partial charge in [-0.15, -0.1) is 0 Å². The van der Waals surface area contributed by atoms with E-state index in [1.165, 1.54) is 0 Å². The summed E-state index contributed by atoms with van der Waals surface area (Å²) in [6, 6.07) is 16.9. The number of hydrogen-bond acceptors (Lipinski definition) is 8. The molecule has 12 nitrogen and oxygen atoms in total. The molecule has 4 N–H and O–H groups in total. The van der Waals surface area contributed by atoms with Crippen LogP contribution < -0.4 is 30.2 Å². The average molecular weight is 903 g/mol. The molecule has 8 bridgehead atoms. The first-order chi connectivity index (χ1) is 31.8. The van der Waals surface area contributed by atoms with Crippen molar-refractivity contribution in [2.75, 3.05) is 59.9 Å². The number of aliphatic hydroxyl groups is 2. The predicted molar refractivity (Wildman–Crippen MR) is 256 cm³/mol. The van der Waals surface area contributed by atoms with Gasteiger partial charge in [-0.1, -0.05) is 0 Å². The molecular formula is C54H74N6O6. The van der Waals surface area contributed by atoms with E-state index in [-0.39, 0.29) is 70.6 Å². The van der Waals surface area contributed by atoms with Gasteiger partial charge in [0, 0.05) is 86.9 Å². The lowest BCUT2D eigenvalue weighted by Crippen LogP contribution is -2.60. The number of carbonyl (C=O) groups excluding carboxylic acids is 4. The van der Waals surface area contributed by atoms with Gasteiger partial charge >= 0.3 is 0 Å². The number of piperidine rings is 2. The largest absolute Gasteiger partial charge is 0.393 e. The van der Waals surface area contributed by atoms with Gasteiger partial charge in [0.1, 0.15) is 0 Å². The van der Waals surface area contributed by atoms with Crippen LogP contribution in [0.2, 0.25) is 0 Å². The molecule has 0 radical (unpaired) electrons. The molecule has 6 atom stereocenters. The van der Waals surface area contributed by atoms with Gasteiger partial charge in [0.15, 0.2) is 0 Å². The van der Waals surface area contributed by atoms with Gasteiger partial charge in [0.2, 0.25) is 23.6 Å². The summed E-state index contributed by atoms with van der Waals surface area (Å²) in [7, 11) is 3.73. The van der Waals surface area contributed by atoms with Crippen molar-refractivity contribution >= 4 is 46.4 Å². The monoisotopic (exact) mass is 903 g/mol. The van der Waals surface area contributed by atoms with Gasteiger partial charge in [-0.25, -0.2) is 0 Å². The molecule has 4 unspecified atom stereocenters. The molecule has 10 saturated carbocycles. The third-order valence-corrected chi connectivity index (χ3v) is 18.6. The van der Waals surface area contributed by atoms with E-state index in [0.717, 1.165) is 165 Å². The van der Waals surface area contributed by atoms with E-state index in [1.807, 2.05) is 38.4 Å². The van der Waals surface area contributed by atoms with Crippen LogP contribution in [0.1, 0.15) is 116 Å². The Bertz CT molecular complexity index is 1970. The molecule has 4 amide bonds. The van der Waals surface area contributed by atoms with Crippen molar-refractivity contribution in [3.63, 3.8) is 0 Å². The summed E-state index contributed by atoms with van der Waals surface area (Å²) in [5.41, 5.74) is 3.73. The van der Waals surface area contributed by atoms with Crippen molar-refractivity contribution < 1.29 is 29.4 Å². The Labute approximate surface area is 391 Å². The van der Waals surface area contributed by atoms with E-state index >= 15 is 0 Å². The number of rotatable bonds is 10. The third kappa shape index (κ3) is 8.53. The first kappa shape index (κ1) is 44.4. The van der Waals surface area contributed by atoms with Crippen LogP contribution >= 0.6 is 0 Å². The fourth-order valence-corrected chi connectivity index (χ4v) is 15.1. The Morgan fingerprint density at radius 3 is 1.21 bits per heavy atom. The number of nitrogens with zero attached hydrogens (tertiary/aromatic N) is 4. The molecule has 14 rings (SSSR count). The zero-order valence-electron chi connectivity index (χ0n) is 39.4. The van der Waals surface area contributed by atoms with E-state index in [0.29, 0.717) is 35.5 Å². The Hall–Kier alpha value is -4.16. The number of carbonyl (C=O) groups is 4. The molecule has 2 saturated heterocycles. The number of anilines is 4. The van der Waals surface area contributed by atoms with Crippen molar-refractivity contribution in [1.82, 2.24) is 10.6 Å². The number of benzene rings is 2. The maximum atomic E-state index is 13.5. The molecule has 2 aliphatic heterocycles. The SMILES string of the molecule is CN(C(=O)C1CC1)c1ccc(N2CCC[C@H](NC(=O)C34CC5CC(C3)C(O)C(C5)C4)C2)cc1.CN(C(=O)C1CC1)c1ccc(N2CCC[C@H](NC(=O)C34CC5CC(C3)C(O)C(C5)C4)C2)cc1. The Morgan fingerprint density at radius 1 is 0.530 bits per heavy atom. The number of nitrogens with one attached hydrogen (secondary N) is 2. The minimum Gasteiger partial charge on any atom is -0.393 e. The fourth-order valence-electron chi connectivity index (χ4n) is 15.1. The summed E-state index contributed by atoms with van der Waals surface area (Å²) in [5.74, 6) is 3.94. The Morgan fingerprint density at radius 2 is 0.879 bits per heavy atom. The van der Waals surface area contributed by atoms with Gasteiger partial charge < -0.3 is 40.4 Å². The molecule has 12 aliphatic rings. The number of amides is 4. The van der Waals surface area contributed by atoms with Crippen molar-refractivity contribution in [1.29, 1.82) is 0 Å². The average Bonchev–Trinajstić information content (AvgIpc) is 4.27. The quantitative estimate of drug-likeness (QED) is 0.207. The molecular weight excluding hydrogens is 829 g/mol. The van der Waals surface area contributed by atoms with E-state index in [9.17, 15) is 29.4 Å². The highest BCUT2D eigenvalue weighted by molar-refractivity contribution is 5.96. The van der Waals surface area contributed by atoms with E-state index in [4.69, 9.17) is 0 Å². The second-order valence-electron chi connectivity index (χ2n) is 23.4. The van der Waals surface area contributed by atoms with E-state index in [2.05, 4.69) is 44.7 Å². The number of hydrogen-bond donors (Lipinski definition) is 4. The van der Waals surface area contributed by atoms with Crippen LogP contribution in [0.4, 0.5) is 22.7 Å². The molecule has 0 aromatic heterocycles. The van der Waals surface area contributed by atoms with E-state index in [1.54, 1.807) is 9.80 Å². The van der Waals surface area contributed by atoms with E-state index < -0.39 is 0 Å². The summed E-state index contributed by atoms with van der Waals surface area (Å²) in [4.78, 5) is 60.0. The van der Waals surface area contributed by atoms with Crippen LogP contribution in [-0.4, -0.2) is 98.4 Å². The van der Waals surface area contributed by atoms with Gasteiger partial charge in [0.05, 0.1) is 23.0 Å². The van der Waals surface area contributed by atoms with Crippen molar-refractivity contribution in [3.05, 3.63) is 48.5 Å². The topological polar surface area (TPSA) is 146 Å². The smallest absolute Gasteiger partial charge is 0.229 e. The molecule has 2 aromatic carbocycles. The van der Waals surface area contributed by atoms with Gasteiger partial charge in [0.25, 0.3) is 0 Å². The lowest BCUT2D eigenvalue weighted by Gasteiger charge is -2.58. The van der Waals surface area contributed by atoms with Crippen molar-refractivity contribution in [2.45, 2.75) is 140 Å². The fraction of sp³-hybridized carbons (Fsp3) is 0.704. The summed E-state index contributed by atoms with van der Waals surface area (Å²) in [6.07, 6.45) is 17.9. The molecule has 12 fully saturated rings. The number of aliphatic hydroxyl groups excluding tert-OH is 2. The van der Waals surface area contributed by atoms with Crippen molar-refractivity contribution in [3.8, 4) is 0 Å². The first-order valence-corrected chi connectivity index (χ1v) is 26.1. The highest BCUT2D eigenvalue weighted by Gasteiger charge is 2.59. The predicted octanol–water partition coefficient (Wildman–Crippen LogP) is 6.66. The summed E-state index contributed by atoms with van der Waals surface area (Å²) >= 11 is 0. The van der Waals surface area contributed by atoms with Crippen LogP contribution in [0.5, 0.6) is 0 Å². The van der Waals surface area contributed by atoms with Crippen molar-refractivity contribution in [2.24, 2.45) is 58.2 Å². The molecule has 66 heavy (non-hydrogen) atoms. The molecule has 356 valence electrons. The zero-order valence-corrected chi connectivity index (χ0v) is 39.4. The second-order valence-corrected chi connectivity index (χ2v) is 23.4. The normalized spacial score (nSPS) is 37.2. The maximum absolute atomic E-state index is 13.5. The maximum Gasteiger partial charge on any atom is 0.229 e. The minimum atomic E-state index is -0.238. The minimum absolute atomic E-state index is 0.169. The van der Waals surface area contributed by atoms with Crippen LogP contribution in [0.25, 0.3) is 0 Å². The lowest BCUT2D eigenvalue weighted by atomic mass is 9.48. The van der Waals surface area contributed by atoms with Gasteiger partial charge in [-0.2, -0.15) is 0 Å². The molecule has 10 aliphatic carbocycles. The lowest BCUT2D eigenvalue weighted by molar-refractivity contribution is -0.164. The van der Waals surface area contributed by atoms with Crippen LogP contribution in [0, 0.1) is 58.2 Å². The summed E-state index contributed by atoms with van der Waals surface area (Å²) in [6.45, 7) is 3.64. The van der Waals surface area contributed by atoms with Crippen LogP contribution in [0.15, 0.2) is 48.5 Å². The molecule has 2 heterocycles. The first-order valence-electron chi connectivity index (χ1n) is 26.1. The van der Waals surface area contributed by atoms with Gasteiger partial charge in [-0.05, 0) is 200 Å². The third-order valence-electron chi connectivity index (χ3n) is 18.6. The Kier molecular flexibility index (Phi) is 11.7. The standard InChI is InChI=1S/2C27H37N3O3/c2*1-29(25(32)18-4-5-18)22-6-8-23(9-7-22)30-10-2-3-21(16-30)28-26(33)27-13-17-11-19(14-27)24(31)20(12-17)15-27/h2*6-9,17-21,24,31H,2-5,10-16H2,1H3,(H,28,33)/t2*17?,19?,20?,21-,24?,27?/m00/s1. The van der Waals surface area contributed by atoms with Crippen LogP contribution in [0.3, 0.4) is 0 Å². The molecule has 0 spiro atoms. The zero-order chi connectivity index (χ0) is 45.5. The molecule has 12 heteroatoms. The second kappa shape index (κ2) is 17.4. The van der Waals surface area contributed by atoms with Crippen LogP contribution in [-0.2, 0) is 19.2 Å². The molecule has 2 aromatic rings. The summed E-state index contributed by atoms with van der Waals surface area (Å²) < 4.78 is 0. The highest BCUT2D eigenvalue weighted by atomic mass is 16.3. The Balaban J connectivity index is 0.000000146. The summed E-state index contributed by atoms with van der Waals surface area (Å²) in [5, 5.41) is 28.0. The highest BCUT2D eigenvalue weighted by Crippen LogP contribution is 2.61.